The number of hydrogen-bond acceptors (Lipinski definition) is 1. The van der Waals surface area contributed by atoms with Crippen LogP contribution < -0.4 is 5.32 Å². The molecule has 0 saturated heterocycles. The fraction of sp³-hybridized carbons (Fsp3) is 0.385. The Morgan fingerprint density at radius 2 is 1.93 bits per heavy atom. The first-order chi connectivity index (χ1) is 6.58. The summed E-state index contributed by atoms with van der Waals surface area (Å²) in [7, 11) is 2.00. The molecule has 0 saturated carbocycles. The smallest absolute Gasteiger partial charge is 0.0440 e. The van der Waals surface area contributed by atoms with Gasteiger partial charge in [-0.05, 0) is 32.9 Å². The number of hydrogen-bond donors (Lipinski definition) is 1. The fourth-order valence-electron chi connectivity index (χ4n) is 1.74. The standard InChI is InChI=1S/C13H19N/c1-11(2)10-13(3,14-4)12-8-6-5-7-9-12/h5-9,14H,1,10H2,2-4H3. The molecule has 1 heteroatoms. The van der Waals surface area contributed by atoms with Crippen molar-refractivity contribution in [2.75, 3.05) is 7.05 Å². The molecule has 1 nitrogen and oxygen atoms in total. The average molecular weight is 189 g/mol. The number of benzene rings is 1. The van der Waals surface area contributed by atoms with Gasteiger partial charge in [-0.15, -0.1) is 6.58 Å². The first-order valence-corrected chi connectivity index (χ1v) is 4.97. The normalized spacial score (nSPS) is 14.8. The van der Waals surface area contributed by atoms with Crippen LogP contribution in [0.2, 0.25) is 0 Å². The van der Waals surface area contributed by atoms with Crippen molar-refractivity contribution >= 4 is 0 Å². The van der Waals surface area contributed by atoms with Crippen molar-refractivity contribution in [2.24, 2.45) is 0 Å². The van der Waals surface area contributed by atoms with Crippen molar-refractivity contribution in [3.8, 4) is 0 Å². The Kier molecular flexibility index (Phi) is 3.48. The Bertz CT molecular complexity index is 302. The van der Waals surface area contributed by atoms with Crippen molar-refractivity contribution in [1.29, 1.82) is 0 Å². The minimum atomic E-state index is 0.00704. The van der Waals surface area contributed by atoms with Gasteiger partial charge in [0.05, 0.1) is 0 Å². The monoisotopic (exact) mass is 189 g/mol. The number of nitrogens with one attached hydrogen (secondary N) is 1. The highest BCUT2D eigenvalue weighted by Gasteiger charge is 2.23. The van der Waals surface area contributed by atoms with Crippen molar-refractivity contribution < 1.29 is 0 Å². The lowest BCUT2D eigenvalue weighted by Crippen LogP contribution is -2.36. The van der Waals surface area contributed by atoms with Gasteiger partial charge in [0, 0.05) is 5.54 Å². The maximum absolute atomic E-state index is 3.97. The molecule has 0 amide bonds. The molecule has 1 aromatic rings. The van der Waals surface area contributed by atoms with E-state index in [0.717, 1.165) is 6.42 Å². The second-order valence-corrected chi connectivity index (χ2v) is 4.08. The molecular formula is C13H19N. The highest BCUT2D eigenvalue weighted by molar-refractivity contribution is 5.25. The lowest BCUT2D eigenvalue weighted by atomic mass is 9.86. The van der Waals surface area contributed by atoms with Crippen LogP contribution in [-0.2, 0) is 5.54 Å². The molecule has 1 atom stereocenters. The lowest BCUT2D eigenvalue weighted by Gasteiger charge is -2.30. The maximum atomic E-state index is 3.97. The summed E-state index contributed by atoms with van der Waals surface area (Å²) in [6, 6.07) is 10.5. The topological polar surface area (TPSA) is 12.0 Å². The second kappa shape index (κ2) is 4.43. The van der Waals surface area contributed by atoms with E-state index in [0.29, 0.717) is 0 Å². The molecule has 0 bridgehead atoms. The highest BCUT2D eigenvalue weighted by atomic mass is 14.9. The third-order valence-electron chi connectivity index (χ3n) is 2.62. The maximum Gasteiger partial charge on any atom is 0.0440 e. The van der Waals surface area contributed by atoms with Crippen molar-refractivity contribution in [2.45, 2.75) is 25.8 Å². The van der Waals surface area contributed by atoms with Gasteiger partial charge in [-0.3, -0.25) is 0 Å². The van der Waals surface area contributed by atoms with E-state index in [1.807, 2.05) is 13.1 Å². The van der Waals surface area contributed by atoms with Crippen LogP contribution in [-0.4, -0.2) is 7.05 Å². The Balaban J connectivity index is 2.95. The Labute approximate surface area is 86.8 Å². The van der Waals surface area contributed by atoms with Crippen LogP contribution in [0.1, 0.15) is 25.8 Å². The second-order valence-electron chi connectivity index (χ2n) is 4.08. The van der Waals surface area contributed by atoms with Gasteiger partial charge in [-0.25, -0.2) is 0 Å². The van der Waals surface area contributed by atoms with Crippen LogP contribution in [0.25, 0.3) is 0 Å². The molecule has 0 heterocycles. The summed E-state index contributed by atoms with van der Waals surface area (Å²) in [5, 5.41) is 3.37. The van der Waals surface area contributed by atoms with Crippen molar-refractivity contribution in [3.63, 3.8) is 0 Å². The zero-order chi connectivity index (χ0) is 10.6. The van der Waals surface area contributed by atoms with Gasteiger partial charge >= 0.3 is 0 Å². The first-order valence-electron chi connectivity index (χ1n) is 4.97. The fourth-order valence-corrected chi connectivity index (χ4v) is 1.74. The average Bonchev–Trinajstić information content (AvgIpc) is 2.18. The first kappa shape index (κ1) is 11.0. The summed E-state index contributed by atoms with van der Waals surface area (Å²) >= 11 is 0. The van der Waals surface area contributed by atoms with E-state index in [4.69, 9.17) is 0 Å². The molecule has 0 radical (unpaired) electrons. The minimum Gasteiger partial charge on any atom is -0.310 e. The zero-order valence-electron chi connectivity index (χ0n) is 9.30. The van der Waals surface area contributed by atoms with E-state index < -0.39 is 0 Å². The van der Waals surface area contributed by atoms with Crippen LogP contribution in [0.3, 0.4) is 0 Å². The largest absolute Gasteiger partial charge is 0.310 e. The summed E-state index contributed by atoms with van der Waals surface area (Å²) in [6.45, 7) is 8.25. The number of rotatable bonds is 4. The van der Waals surface area contributed by atoms with Crippen molar-refractivity contribution in [3.05, 3.63) is 48.0 Å². The Hall–Kier alpha value is -1.08. The summed E-state index contributed by atoms with van der Waals surface area (Å²) in [5.41, 5.74) is 2.52. The lowest BCUT2D eigenvalue weighted by molar-refractivity contribution is 0.396. The van der Waals surface area contributed by atoms with E-state index in [2.05, 4.69) is 50.0 Å². The predicted molar refractivity (Wildman–Crippen MR) is 62.3 cm³/mol. The Morgan fingerprint density at radius 1 is 1.36 bits per heavy atom. The van der Waals surface area contributed by atoms with Gasteiger partial charge in [0.25, 0.3) is 0 Å². The molecule has 0 spiro atoms. The predicted octanol–water partition coefficient (Wildman–Crippen LogP) is 3.09. The summed E-state index contributed by atoms with van der Waals surface area (Å²) in [5.74, 6) is 0. The third kappa shape index (κ3) is 2.46. The molecule has 0 aliphatic rings. The molecule has 0 aliphatic heterocycles. The van der Waals surface area contributed by atoms with E-state index in [9.17, 15) is 0 Å². The SMILES string of the molecule is C=C(C)CC(C)(NC)c1ccccc1. The van der Waals surface area contributed by atoms with Gasteiger partial charge < -0.3 is 5.32 Å². The Morgan fingerprint density at radius 3 is 2.36 bits per heavy atom. The van der Waals surface area contributed by atoms with E-state index in [-0.39, 0.29) is 5.54 Å². The quantitative estimate of drug-likeness (QED) is 0.718. The molecule has 1 rings (SSSR count). The molecule has 14 heavy (non-hydrogen) atoms. The van der Waals surface area contributed by atoms with Crippen LogP contribution in [0.4, 0.5) is 0 Å². The molecule has 1 N–H and O–H groups in total. The van der Waals surface area contributed by atoms with Gasteiger partial charge in [-0.1, -0.05) is 35.9 Å². The highest BCUT2D eigenvalue weighted by Crippen LogP contribution is 2.26. The molecule has 0 aromatic heterocycles. The van der Waals surface area contributed by atoms with Gasteiger partial charge in [0.1, 0.15) is 0 Å². The van der Waals surface area contributed by atoms with Crippen LogP contribution in [0, 0.1) is 0 Å². The minimum absolute atomic E-state index is 0.00704. The van der Waals surface area contributed by atoms with Crippen LogP contribution in [0.5, 0.6) is 0 Å². The van der Waals surface area contributed by atoms with Gasteiger partial charge in [0.15, 0.2) is 0 Å². The zero-order valence-corrected chi connectivity index (χ0v) is 9.30. The van der Waals surface area contributed by atoms with Crippen LogP contribution in [0.15, 0.2) is 42.5 Å². The molecule has 0 fully saturated rings. The molecule has 76 valence electrons. The molecule has 1 unspecified atom stereocenters. The molecule has 0 aliphatic carbocycles. The van der Waals surface area contributed by atoms with E-state index in [1.54, 1.807) is 0 Å². The molecule has 1 aromatic carbocycles. The molecular weight excluding hydrogens is 170 g/mol. The van der Waals surface area contributed by atoms with E-state index >= 15 is 0 Å². The summed E-state index contributed by atoms with van der Waals surface area (Å²) in [4.78, 5) is 0. The third-order valence-corrected chi connectivity index (χ3v) is 2.62. The summed E-state index contributed by atoms with van der Waals surface area (Å²) in [6.07, 6.45) is 0.966. The van der Waals surface area contributed by atoms with Gasteiger partial charge in [0.2, 0.25) is 0 Å². The van der Waals surface area contributed by atoms with Crippen molar-refractivity contribution in [1.82, 2.24) is 5.32 Å². The summed E-state index contributed by atoms with van der Waals surface area (Å²) < 4.78 is 0. The van der Waals surface area contributed by atoms with Crippen LogP contribution >= 0.6 is 0 Å². The van der Waals surface area contributed by atoms with Gasteiger partial charge in [-0.2, -0.15) is 0 Å². The van der Waals surface area contributed by atoms with E-state index in [1.165, 1.54) is 11.1 Å².